The molecule has 1 amide bonds. The molecule has 0 radical (unpaired) electrons. The monoisotopic (exact) mass is 376 g/mol. The summed E-state index contributed by atoms with van der Waals surface area (Å²) in [5.74, 6) is -1.45. The lowest BCUT2D eigenvalue weighted by Gasteiger charge is -2.14. The van der Waals surface area contributed by atoms with Crippen LogP contribution >= 0.6 is 11.6 Å². The number of halogens is 2. The van der Waals surface area contributed by atoms with Crippen LogP contribution in [0.3, 0.4) is 0 Å². The Morgan fingerprint density at radius 2 is 1.96 bits per heavy atom. The fourth-order valence-corrected chi connectivity index (χ4v) is 2.12. The van der Waals surface area contributed by atoms with E-state index in [0.717, 1.165) is 0 Å². The van der Waals surface area contributed by atoms with Crippen LogP contribution in [-0.4, -0.2) is 24.6 Å². The van der Waals surface area contributed by atoms with Gasteiger partial charge in [-0.25, -0.2) is 9.18 Å². The van der Waals surface area contributed by atoms with Crippen LogP contribution in [0.4, 0.5) is 10.1 Å². The molecule has 0 saturated carbocycles. The first-order valence-corrected chi connectivity index (χ1v) is 7.85. The highest BCUT2D eigenvalue weighted by molar-refractivity contribution is 6.32. The number of ether oxygens (including phenoxy) is 2. The first kappa shape index (κ1) is 19.2. The molecule has 0 aliphatic rings. The first-order chi connectivity index (χ1) is 12.4. The number of amides is 1. The molecule has 2 rings (SSSR count). The largest absolute Gasteiger partial charge is 0.479 e. The third-order valence-corrected chi connectivity index (χ3v) is 3.49. The Labute approximate surface area is 154 Å². The number of nitriles is 1. The second kappa shape index (κ2) is 8.83. The Morgan fingerprint density at radius 3 is 2.58 bits per heavy atom. The summed E-state index contributed by atoms with van der Waals surface area (Å²) in [6, 6.07) is 11.4. The molecule has 0 saturated heterocycles. The van der Waals surface area contributed by atoms with Crippen molar-refractivity contribution >= 4 is 29.2 Å². The number of rotatable bonds is 6. The number of nitrogens with one attached hydrogen (secondary N) is 1. The van der Waals surface area contributed by atoms with Crippen molar-refractivity contribution in [2.24, 2.45) is 0 Å². The lowest BCUT2D eigenvalue weighted by atomic mass is 10.2. The number of carbonyl (C=O) groups is 2. The fraction of sp³-hybridized carbons (Fsp3) is 0.167. The molecule has 1 N–H and O–H groups in total. The standard InChI is InChI=1S/C18H14ClFN2O4/c1-11(26-15-6-3-13(20)4-7-15)18(24)25-10-17(23)22-14-5-2-12(9-21)16(19)8-14/h2-8,11H,10H2,1H3,(H,22,23)/t11-/m0/s1. The van der Waals surface area contributed by atoms with E-state index in [-0.39, 0.29) is 10.6 Å². The molecule has 1 atom stereocenters. The molecule has 0 unspecified atom stereocenters. The lowest BCUT2D eigenvalue weighted by molar-refractivity contribution is -0.153. The minimum atomic E-state index is -0.974. The Morgan fingerprint density at radius 1 is 1.27 bits per heavy atom. The van der Waals surface area contributed by atoms with E-state index in [9.17, 15) is 14.0 Å². The van der Waals surface area contributed by atoms with Crippen molar-refractivity contribution in [3.8, 4) is 11.8 Å². The van der Waals surface area contributed by atoms with Crippen molar-refractivity contribution in [1.82, 2.24) is 0 Å². The minimum Gasteiger partial charge on any atom is -0.479 e. The van der Waals surface area contributed by atoms with Crippen molar-refractivity contribution in [1.29, 1.82) is 5.26 Å². The summed E-state index contributed by atoms with van der Waals surface area (Å²) in [6.07, 6.45) is -0.974. The van der Waals surface area contributed by atoms with E-state index in [2.05, 4.69) is 5.32 Å². The molecule has 6 nitrogen and oxygen atoms in total. The maximum Gasteiger partial charge on any atom is 0.347 e. The molecule has 0 fully saturated rings. The van der Waals surface area contributed by atoms with Gasteiger partial charge in [-0.15, -0.1) is 0 Å². The molecule has 0 bridgehead atoms. The van der Waals surface area contributed by atoms with Gasteiger partial charge in [0.25, 0.3) is 5.91 Å². The SMILES string of the molecule is C[C@H](Oc1ccc(F)cc1)C(=O)OCC(=O)Nc1ccc(C#N)c(Cl)c1. The normalized spacial score (nSPS) is 11.2. The summed E-state index contributed by atoms with van der Waals surface area (Å²) >= 11 is 5.87. The van der Waals surface area contributed by atoms with Crippen LogP contribution in [0.5, 0.6) is 5.75 Å². The van der Waals surface area contributed by atoms with Crippen molar-refractivity contribution in [3.05, 3.63) is 58.9 Å². The third kappa shape index (κ3) is 5.46. The molecule has 0 aliphatic heterocycles. The Balaban J connectivity index is 1.82. The molecule has 0 heterocycles. The highest BCUT2D eigenvalue weighted by Crippen LogP contribution is 2.20. The third-order valence-electron chi connectivity index (χ3n) is 3.18. The first-order valence-electron chi connectivity index (χ1n) is 7.47. The number of anilines is 1. The second-order valence-corrected chi connectivity index (χ2v) is 5.58. The van der Waals surface area contributed by atoms with E-state index in [1.807, 2.05) is 6.07 Å². The van der Waals surface area contributed by atoms with Crippen molar-refractivity contribution in [2.45, 2.75) is 13.0 Å². The summed E-state index contributed by atoms with van der Waals surface area (Å²) in [5, 5.41) is 11.5. The summed E-state index contributed by atoms with van der Waals surface area (Å²) in [4.78, 5) is 23.7. The number of hydrogen-bond donors (Lipinski definition) is 1. The number of esters is 1. The molecule has 26 heavy (non-hydrogen) atoms. The zero-order chi connectivity index (χ0) is 19.1. The van der Waals surface area contributed by atoms with Crippen LogP contribution in [0.25, 0.3) is 0 Å². The average Bonchev–Trinajstić information content (AvgIpc) is 2.61. The van der Waals surface area contributed by atoms with Gasteiger partial charge in [0.2, 0.25) is 0 Å². The quantitative estimate of drug-likeness (QED) is 0.781. The predicted molar refractivity (Wildman–Crippen MR) is 92.2 cm³/mol. The number of nitrogens with zero attached hydrogens (tertiary/aromatic N) is 1. The van der Waals surface area contributed by atoms with Crippen molar-refractivity contribution in [3.63, 3.8) is 0 Å². The maximum absolute atomic E-state index is 12.8. The van der Waals surface area contributed by atoms with E-state index < -0.39 is 30.4 Å². The summed E-state index contributed by atoms with van der Waals surface area (Å²) in [6.45, 7) is 0.928. The molecule has 2 aromatic rings. The molecule has 0 aliphatic carbocycles. The fourth-order valence-electron chi connectivity index (χ4n) is 1.90. The predicted octanol–water partition coefficient (Wildman–Crippen LogP) is 3.30. The number of carbonyl (C=O) groups excluding carboxylic acids is 2. The van der Waals surface area contributed by atoms with E-state index in [0.29, 0.717) is 11.4 Å². The van der Waals surface area contributed by atoms with Gasteiger partial charge >= 0.3 is 5.97 Å². The van der Waals surface area contributed by atoms with Gasteiger partial charge in [-0.05, 0) is 49.4 Å². The van der Waals surface area contributed by atoms with Crippen LogP contribution in [-0.2, 0) is 14.3 Å². The lowest BCUT2D eigenvalue weighted by Crippen LogP contribution is -2.29. The summed E-state index contributed by atoms with van der Waals surface area (Å²) in [5.41, 5.74) is 0.647. The Hall–Kier alpha value is -3.11. The Kier molecular flexibility index (Phi) is 6.53. The van der Waals surface area contributed by atoms with Crippen LogP contribution in [0, 0.1) is 17.1 Å². The average molecular weight is 377 g/mol. The maximum atomic E-state index is 12.8. The van der Waals surface area contributed by atoms with Gasteiger partial charge in [-0.1, -0.05) is 11.6 Å². The highest BCUT2D eigenvalue weighted by Gasteiger charge is 2.18. The highest BCUT2D eigenvalue weighted by atomic mass is 35.5. The van der Waals surface area contributed by atoms with E-state index in [1.54, 1.807) is 0 Å². The molecule has 8 heteroatoms. The van der Waals surface area contributed by atoms with Crippen LogP contribution < -0.4 is 10.1 Å². The summed E-state index contributed by atoms with van der Waals surface area (Å²) in [7, 11) is 0. The van der Waals surface area contributed by atoms with Crippen LogP contribution in [0.2, 0.25) is 5.02 Å². The molecule has 134 valence electrons. The van der Waals surface area contributed by atoms with Gasteiger partial charge in [-0.2, -0.15) is 5.26 Å². The van der Waals surface area contributed by atoms with E-state index in [1.165, 1.54) is 49.4 Å². The molecule has 0 aromatic heterocycles. The van der Waals surface area contributed by atoms with Crippen molar-refractivity contribution < 1.29 is 23.5 Å². The minimum absolute atomic E-state index is 0.198. The van der Waals surface area contributed by atoms with Gasteiger partial charge in [0.1, 0.15) is 17.6 Å². The molecule has 0 spiro atoms. The van der Waals surface area contributed by atoms with Gasteiger partial charge in [-0.3, -0.25) is 4.79 Å². The van der Waals surface area contributed by atoms with E-state index >= 15 is 0 Å². The molecular weight excluding hydrogens is 363 g/mol. The van der Waals surface area contributed by atoms with Gasteiger partial charge in [0.15, 0.2) is 12.7 Å². The zero-order valence-corrected chi connectivity index (χ0v) is 14.4. The topological polar surface area (TPSA) is 88.4 Å². The second-order valence-electron chi connectivity index (χ2n) is 5.18. The van der Waals surface area contributed by atoms with Gasteiger partial charge in [0, 0.05) is 5.69 Å². The van der Waals surface area contributed by atoms with Crippen LogP contribution in [0.15, 0.2) is 42.5 Å². The van der Waals surface area contributed by atoms with Crippen LogP contribution in [0.1, 0.15) is 12.5 Å². The molecule has 2 aromatic carbocycles. The van der Waals surface area contributed by atoms with Crippen molar-refractivity contribution in [2.75, 3.05) is 11.9 Å². The smallest absolute Gasteiger partial charge is 0.347 e. The van der Waals surface area contributed by atoms with Gasteiger partial charge < -0.3 is 14.8 Å². The Bertz CT molecular complexity index is 849. The number of benzene rings is 2. The number of hydrogen-bond acceptors (Lipinski definition) is 5. The van der Waals surface area contributed by atoms with Gasteiger partial charge in [0.05, 0.1) is 10.6 Å². The van der Waals surface area contributed by atoms with E-state index in [4.69, 9.17) is 26.3 Å². The molecular formula is C18H14ClFN2O4. The summed E-state index contributed by atoms with van der Waals surface area (Å²) < 4.78 is 23.0. The zero-order valence-electron chi connectivity index (χ0n) is 13.7.